The zero-order valence-corrected chi connectivity index (χ0v) is 11.4. The summed E-state index contributed by atoms with van der Waals surface area (Å²) in [6.07, 6.45) is -2.70. The van der Waals surface area contributed by atoms with E-state index in [0.717, 1.165) is 18.9 Å². The smallest absolute Gasteiger partial charge is 0.387 e. The van der Waals surface area contributed by atoms with Gasteiger partial charge in [-0.05, 0) is 31.9 Å². The molecule has 2 rings (SSSR count). The average Bonchev–Trinajstić information content (AvgIpc) is 2.82. The van der Waals surface area contributed by atoms with Crippen LogP contribution in [0.2, 0.25) is 0 Å². The summed E-state index contributed by atoms with van der Waals surface area (Å²) in [5.41, 5.74) is -0.877. The van der Waals surface area contributed by atoms with Crippen LogP contribution in [0.15, 0.2) is 18.2 Å². The van der Waals surface area contributed by atoms with Crippen molar-refractivity contribution in [1.29, 1.82) is 0 Å². The maximum Gasteiger partial charge on any atom is 0.418 e. The highest BCUT2D eigenvalue weighted by Crippen LogP contribution is 2.37. The number of nitrogens with zero attached hydrogens (tertiary/aromatic N) is 1. The van der Waals surface area contributed by atoms with Gasteiger partial charge in [-0.1, -0.05) is 6.07 Å². The molecule has 1 heterocycles. The summed E-state index contributed by atoms with van der Waals surface area (Å²) in [6, 6.07) is 3.77. The molecule has 0 radical (unpaired) electrons. The number of para-hydroxylation sites is 1. The van der Waals surface area contributed by atoms with Gasteiger partial charge < -0.3 is 10.2 Å². The second-order valence-electron chi connectivity index (χ2n) is 4.97. The van der Waals surface area contributed by atoms with Gasteiger partial charge in [0.05, 0.1) is 16.8 Å². The molecule has 1 unspecified atom stereocenters. The van der Waals surface area contributed by atoms with Gasteiger partial charge in [0.25, 0.3) is 5.91 Å². The van der Waals surface area contributed by atoms with Gasteiger partial charge in [0.2, 0.25) is 0 Å². The summed E-state index contributed by atoms with van der Waals surface area (Å²) in [7, 11) is 1.40. The SMILES string of the molecule is CNc1c(C(=O)N2CCCC2C)cccc1C(F)(F)F. The monoisotopic (exact) mass is 286 g/mol. The average molecular weight is 286 g/mol. The van der Waals surface area contributed by atoms with Gasteiger partial charge in [-0.25, -0.2) is 0 Å². The lowest BCUT2D eigenvalue weighted by Crippen LogP contribution is -2.34. The lowest BCUT2D eigenvalue weighted by atomic mass is 10.0. The van der Waals surface area contributed by atoms with E-state index in [-0.39, 0.29) is 23.2 Å². The first-order chi connectivity index (χ1) is 9.36. The summed E-state index contributed by atoms with van der Waals surface area (Å²) in [6.45, 7) is 2.51. The Morgan fingerprint density at radius 1 is 1.40 bits per heavy atom. The van der Waals surface area contributed by atoms with E-state index < -0.39 is 11.7 Å². The highest BCUT2D eigenvalue weighted by Gasteiger charge is 2.36. The number of carbonyl (C=O) groups excluding carboxylic acids is 1. The Bertz CT molecular complexity index is 514. The molecule has 1 aromatic rings. The molecular formula is C14H17F3N2O. The molecule has 1 saturated heterocycles. The third-order valence-corrected chi connectivity index (χ3v) is 3.66. The van der Waals surface area contributed by atoms with E-state index in [1.807, 2.05) is 6.92 Å². The summed E-state index contributed by atoms with van der Waals surface area (Å²) < 4.78 is 38.9. The molecule has 1 fully saturated rings. The fraction of sp³-hybridized carbons (Fsp3) is 0.500. The first-order valence-electron chi connectivity index (χ1n) is 6.55. The number of carbonyl (C=O) groups is 1. The molecule has 1 aliphatic heterocycles. The van der Waals surface area contributed by atoms with E-state index in [4.69, 9.17) is 0 Å². The van der Waals surface area contributed by atoms with E-state index >= 15 is 0 Å². The van der Waals surface area contributed by atoms with Crippen molar-refractivity contribution in [2.75, 3.05) is 18.9 Å². The van der Waals surface area contributed by atoms with Crippen LogP contribution >= 0.6 is 0 Å². The van der Waals surface area contributed by atoms with Crippen LogP contribution in [-0.2, 0) is 6.18 Å². The third kappa shape index (κ3) is 2.59. The molecule has 0 aromatic heterocycles. The predicted molar refractivity (Wildman–Crippen MR) is 70.7 cm³/mol. The molecule has 0 spiro atoms. The van der Waals surface area contributed by atoms with E-state index in [1.165, 1.54) is 19.2 Å². The number of rotatable bonds is 2. The Labute approximate surface area is 115 Å². The Balaban J connectivity index is 2.44. The largest absolute Gasteiger partial charge is 0.418 e. The van der Waals surface area contributed by atoms with Crippen molar-refractivity contribution in [2.24, 2.45) is 0 Å². The van der Waals surface area contributed by atoms with Crippen molar-refractivity contribution in [3.8, 4) is 0 Å². The molecule has 0 saturated carbocycles. The van der Waals surface area contributed by atoms with Gasteiger partial charge in [-0.2, -0.15) is 13.2 Å². The quantitative estimate of drug-likeness (QED) is 0.904. The minimum atomic E-state index is -4.48. The van der Waals surface area contributed by atoms with E-state index in [2.05, 4.69) is 5.32 Å². The first kappa shape index (κ1) is 14.7. The lowest BCUT2D eigenvalue weighted by molar-refractivity contribution is -0.136. The van der Waals surface area contributed by atoms with Crippen LogP contribution in [0.3, 0.4) is 0 Å². The highest BCUT2D eigenvalue weighted by molar-refractivity contribution is 6.00. The van der Waals surface area contributed by atoms with E-state index in [0.29, 0.717) is 6.54 Å². The maximum absolute atomic E-state index is 13.0. The zero-order chi connectivity index (χ0) is 14.9. The number of hydrogen-bond acceptors (Lipinski definition) is 2. The molecule has 1 amide bonds. The second kappa shape index (κ2) is 5.34. The topological polar surface area (TPSA) is 32.3 Å². The number of halogens is 3. The van der Waals surface area contributed by atoms with Crippen LogP contribution in [0, 0.1) is 0 Å². The second-order valence-corrected chi connectivity index (χ2v) is 4.97. The Morgan fingerprint density at radius 2 is 2.10 bits per heavy atom. The molecule has 6 heteroatoms. The molecule has 20 heavy (non-hydrogen) atoms. The molecule has 0 bridgehead atoms. The molecule has 1 aromatic carbocycles. The van der Waals surface area contributed by atoms with E-state index in [9.17, 15) is 18.0 Å². The predicted octanol–water partition coefficient (Wildman–Crippen LogP) is 3.37. The van der Waals surface area contributed by atoms with Gasteiger partial charge in [0.1, 0.15) is 0 Å². The van der Waals surface area contributed by atoms with Gasteiger partial charge in [0.15, 0.2) is 0 Å². The van der Waals surface area contributed by atoms with Gasteiger partial charge >= 0.3 is 6.18 Å². The van der Waals surface area contributed by atoms with Crippen molar-refractivity contribution in [1.82, 2.24) is 4.90 Å². The number of likely N-dealkylation sites (tertiary alicyclic amines) is 1. The molecule has 0 aliphatic carbocycles. The number of benzene rings is 1. The van der Waals surface area contributed by atoms with Crippen molar-refractivity contribution in [2.45, 2.75) is 32.0 Å². The molecule has 1 N–H and O–H groups in total. The highest BCUT2D eigenvalue weighted by atomic mass is 19.4. The van der Waals surface area contributed by atoms with Crippen molar-refractivity contribution in [3.05, 3.63) is 29.3 Å². The van der Waals surface area contributed by atoms with Crippen LogP contribution in [0.4, 0.5) is 18.9 Å². The summed E-state index contributed by atoms with van der Waals surface area (Å²) in [5, 5.41) is 2.52. The minimum absolute atomic E-state index is 0.0711. The number of hydrogen-bond donors (Lipinski definition) is 1. The fourth-order valence-electron chi connectivity index (χ4n) is 2.63. The molecule has 1 atom stereocenters. The van der Waals surface area contributed by atoms with Crippen molar-refractivity contribution < 1.29 is 18.0 Å². The number of anilines is 1. The first-order valence-corrected chi connectivity index (χ1v) is 6.55. The lowest BCUT2D eigenvalue weighted by Gasteiger charge is -2.24. The van der Waals surface area contributed by atoms with Crippen molar-refractivity contribution in [3.63, 3.8) is 0 Å². The van der Waals surface area contributed by atoms with E-state index in [1.54, 1.807) is 4.90 Å². The molecule has 1 aliphatic rings. The molecular weight excluding hydrogens is 269 g/mol. The number of alkyl halides is 3. The minimum Gasteiger partial charge on any atom is -0.387 e. The number of amides is 1. The van der Waals surface area contributed by atoms with Crippen LogP contribution < -0.4 is 5.32 Å². The molecule has 3 nitrogen and oxygen atoms in total. The van der Waals surface area contributed by atoms with Crippen LogP contribution in [0.5, 0.6) is 0 Å². The van der Waals surface area contributed by atoms with Crippen LogP contribution in [-0.4, -0.2) is 30.4 Å². The standard InChI is InChI=1S/C14H17F3N2O/c1-9-5-4-8-19(9)13(20)10-6-3-7-11(12(10)18-2)14(15,16)17/h3,6-7,9,18H,4-5,8H2,1-2H3. The van der Waals surface area contributed by atoms with Crippen LogP contribution in [0.1, 0.15) is 35.7 Å². The Hall–Kier alpha value is -1.72. The normalized spacial score (nSPS) is 19.2. The Morgan fingerprint density at radius 3 is 2.60 bits per heavy atom. The zero-order valence-electron chi connectivity index (χ0n) is 11.4. The van der Waals surface area contributed by atoms with Gasteiger partial charge in [-0.3, -0.25) is 4.79 Å². The Kier molecular flexibility index (Phi) is 3.92. The van der Waals surface area contributed by atoms with Crippen molar-refractivity contribution >= 4 is 11.6 Å². The maximum atomic E-state index is 13.0. The van der Waals surface area contributed by atoms with Gasteiger partial charge in [-0.15, -0.1) is 0 Å². The fourth-order valence-corrected chi connectivity index (χ4v) is 2.63. The summed E-state index contributed by atoms with van der Waals surface area (Å²) in [4.78, 5) is 14.1. The summed E-state index contributed by atoms with van der Waals surface area (Å²) >= 11 is 0. The third-order valence-electron chi connectivity index (χ3n) is 3.66. The van der Waals surface area contributed by atoms with Gasteiger partial charge in [0, 0.05) is 19.6 Å². The van der Waals surface area contributed by atoms with Crippen LogP contribution in [0.25, 0.3) is 0 Å². The molecule has 110 valence electrons. The summed E-state index contributed by atoms with van der Waals surface area (Å²) in [5.74, 6) is -0.342. The number of nitrogens with one attached hydrogen (secondary N) is 1.